The predicted molar refractivity (Wildman–Crippen MR) is 130 cm³/mol. The molecule has 2 unspecified atom stereocenters. The summed E-state index contributed by atoms with van der Waals surface area (Å²) in [5.74, 6) is 1.05. The van der Waals surface area contributed by atoms with E-state index in [4.69, 9.17) is 21.3 Å². The van der Waals surface area contributed by atoms with Crippen molar-refractivity contribution in [3.05, 3.63) is 34.9 Å². The molecule has 29 heavy (non-hydrogen) atoms. The van der Waals surface area contributed by atoms with E-state index >= 15 is 0 Å². The summed E-state index contributed by atoms with van der Waals surface area (Å²) in [5, 5.41) is 4.34. The van der Waals surface area contributed by atoms with Gasteiger partial charge >= 0.3 is 0 Å². The molecular formula is C22H34ClIN4O. The number of rotatable bonds is 5. The number of hydrogen-bond acceptors (Lipinski definition) is 3. The first-order valence-corrected chi connectivity index (χ1v) is 11.2. The number of nitrogens with zero attached hydrogens (tertiary/aromatic N) is 3. The van der Waals surface area contributed by atoms with Crippen LogP contribution in [0.5, 0.6) is 0 Å². The van der Waals surface area contributed by atoms with E-state index in [1.807, 2.05) is 6.07 Å². The van der Waals surface area contributed by atoms with Crippen LogP contribution < -0.4 is 5.32 Å². The minimum absolute atomic E-state index is 0. The van der Waals surface area contributed by atoms with E-state index in [-0.39, 0.29) is 24.0 Å². The Labute approximate surface area is 197 Å². The molecule has 0 radical (unpaired) electrons. The fraction of sp³-hybridized carbons (Fsp3) is 0.682. The van der Waals surface area contributed by atoms with Crippen LogP contribution in [-0.2, 0) is 4.74 Å². The summed E-state index contributed by atoms with van der Waals surface area (Å²) in [6, 6.07) is 8.60. The molecule has 0 bridgehead atoms. The van der Waals surface area contributed by atoms with Crippen LogP contribution in [0.3, 0.4) is 0 Å². The van der Waals surface area contributed by atoms with E-state index < -0.39 is 0 Å². The van der Waals surface area contributed by atoms with Gasteiger partial charge in [0.05, 0.1) is 19.2 Å². The van der Waals surface area contributed by atoms with E-state index in [0.29, 0.717) is 11.5 Å². The van der Waals surface area contributed by atoms with Crippen molar-refractivity contribution < 1.29 is 4.74 Å². The molecule has 1 aromatic carbocycles. The van der Waals surface area contributed by atoms with Crippen LogP contribution in [0.25, 0.3) is 0 Å². The van der Waals surface area contributed by atoms with Crippen molar-refractivity contribution in [1.82, 2.24) is 15.1 Å². The average Bonchev–Trinajstić information content (AvgIpc) is 3.45. The SMILES string of the molecule is CCNC(=NCC(c1cccc(Cl)c1)N1CCCC1)N1CCC2(CCOC2)C1.I. The van der Waals surface area contributed by atoms with Gasteiger partial charge in [0.2, 0.25) is 0 Å². The minimum atomic E-state index is 0. The molecule has 3 fully saturated rings. The molecule has 1 spiro atoms. The Morgan fingerprint density at radius 1 is 1.28 bits per heavy atom. The second kappa shape index (κ2) is 10.6. The molecule has 0 amide bonds. The lowest BCUT2D eigenvalue weighted by Gasteiger charge is -2.29. The number of benzene rings is 1. The summed E-state index contributed by atoms with van der Waals surface area (Å²) >= 11 is 6.29. The zero-order chi connectivity index (χ0) is 19.4. The number of guanidine groups is 1. The lowest BCUT2D eigenvalue weighted by atomic mass is 9.87. The molecule has 7 heteroatoms. The molecule has 0 aliphatic carbocycles. The molecule has 162 valence electrons. The van der Waals surface area contributed by atoms with Crippen molar-refractivity contribution in [1.29, 1.82) is 0 Å². The number of hydrogen-bond donors (Lipinski definition) is 1. The van der Waals surface area contributed by atoms with E-state index in [9.17, 15) is 0 Å². The Morgan fingerprint density at radius 2 is 2.10 bits per heavy atom. The van der Waals surface area contributed by atoms with Gasteiger partial charge in [-0.1, -0.05) is 23.7 Å². The maximum Gasteiger partial charge on any atom is 0.194 e. The third-order valence-electron chi connectivity index (χ3n) is 6.49. The lowest BCUT2D eigenvalue weighted by Crippen LogP contribution is -2.42. The van der Waals surface area contributed by atoms with Gasteiger partial charge in [-0.05, 0) is 63.4 Å². The first-order chi connectivity index (χ1) is 13.7. The van der Waals surface area contributed by atoms with Crippen molar-refractivity contribution in [3.8, 4) is 0 Å². The summed E-state index contributed by atoms with van der Waals surface area (Å²) in [7, 11) is 0. The summed E-state index contributed by atoms with van der Waals surface area (Å²) in [5.41, 5.74) is 1.62. The van der Waals surface area contributed by atoms with Crippen LogP contribution in [0.15, 0.2) is 29.3 Å². The number of aliphatic imine (C=N–C) groups is 1. The molecule has 1 N–H and O–H groups in total. The molecule has 3 heterocycles. The maximum absolute atomic E-state index is 6.29. The van der Waals surface area contributed by atoms with Gasteiger partial charge in [0.1, 0.15) is 0 Å². The van der Waals surface area contributed by atoms with Crippen molar-refractivity contribution in [2.45, 2.75) is 38.6 Å². The lowest BCUT2D eigenvalue weighted by molar-refractivity contribution is 0.156. The highest BCUT2D eigenvalue weighted by Crippen LogP contribution is 2.38. The van der Waals surface area contributed by atoms with E-state index in [2.05, 4.69) is 40.2 Å². The maximum atomic E-state index is 6.29. The molecule has 1 aromatic rings. The highest BCUT2D eigenvalue weighted by Gasteiger charge is 2.42. The van der Waals surface area contributed by atoms with Gasteiger partial charge in [-0.15, -0.1) is 24.0 Å². The third kappa shape index (κ3) is 5.57. The monoisotopic (exact) mass is 532 g/mol. The van der Waals surface area contributed by atoms with Crippen molar-refractivity contribution in [3.63, 3.8) is 0 Å². The largest absolute Gasteiger partial charge is 0.381 e. The van der Waals surface area contributed by atoms with Gasteiger partial charge < -0.3 is 15.0 Å². The Kier molecular flexibility index (Phi) is 8.48. The molecule has 4 rings (SSSR count). The second-order valence-electron chi connectivity index (χ2n) is 8.48. The van der Waals surface area contributed by atoms with E-state index in [1.165, 1.54) is 31.2 Å². The van der Waals surface area contributed by atoms with Crippen LogP contribution in [0.2, 0.25) is 5.02 Å². The number of likely N-dealkylation sites (tertiary alicyclic amines) is 2. The fourth-order valence-electron chi connectivity index (χ4n) is 4.88. The van der Waals surface area contributed by atoms with Crippen LogP contribution in [0.4, 0.5) is 0 Å². The van der Waals surface area contributed by atoms with Gasteiger partial charge in [0, 0.05) is 36.7 Å². The fourth-order valence-corrected chi connectivity index (χ4v) is 5.08. The molecule has 3 saturated heterocycles. The third-order valence-corrected chi connectivity index (χ3v) is 6.72. The van der Waals surface area contributed by atoms with Crippen molar-refractivity contribution >= 4 is 41.5 Å². The van der Waals surface area contributed by atoms with Crippen molar-refractivity contribution in [2.75, 3.05) is 52.5 Å². The zero-order valence-corrected chi connectivity index (χ0v) is 20.5. The first kappa shape index (κ1) is 23.1. The first-order valence-electron chi connectivity index (χ1n) is 10.8. The smallest absolute Gasteiger partial charge is 0.194 e. The summed E-state index contributed by atoms with van der Waals surface area (Å²) in [4.78, 5) is 10.1. The standard InChI is InChI=1S/C22H33ClN4O.HI/c1-2-24-21(27-12-8-22(16-27)9-13-28-17-22)25-15-20(26-10-3-4-11-26)18-6-5-7-19(23)14-18;/h5-7,14,20H,2-4,8-13,15-17H2,1H3,(H,24,25);1H. The van der Waals surface area contributed by atoms with Gasteiger partial charge in [-0.25, -0.2) is 0 Å². The Bertz CT molecular complexity index is 689. The Hall–Kier alpha value is -0.570. The van der Waals surface area contributed by atoms with Gasteiger partial charge in [-0.3, -0.25) is 9.89 Å². The zero-order valence-electron chi connectivity index (χ0n) is 17.4. The molecule has 2 atom stereocenters. The highest BCUT2D eigenvalue weighted by atomic mass is 127. The van der Waals surface area contributed by atoms with Crippen LogP contribution in [-0.4, -0.2) is 68.2 Å². The van der Waals surface area contributed by atoms with Crippen molar-refractivity contribution in [2.24, 2.45) is 10.4 Å². The van der Waals surface area contributed by atoms with Crippen LogP contribution in [0, 0.1) is 5.41 Å². The minimum Gasteiger partial charge on any atom is -0.381 e. The van der Waals surface area contributed by atoms with Gasteiger partial charge in [0.15, 0.2) is 5.96 Å². The number of nitrogens with one attached hydrogen (secondary N) is 1. The molecule has 5 nitrogen and oxygen atoms in total. The molecule has 0 aromatic heterocycles. The molecule has 3 aliphatic heterocycles. The molecule has 3 aliphatic rings. The highest BCUT2D eigenvalue weighted by molar-refractivity contribution is 14.0. The van der Waals surface area contributed by atoms with Gasteiger partial charge in [0.25, 0.3) is 0 Å². The van der Waals surface area contributed by atoms with Gasteiger partial charge in [-0.2, -0.15) is 0 Å². The Morgan fingerprint density at radius 3 is 2.79 bits per heavy atom. The van der Waals surface area contributed by atoms with E-state index in [1.54, 1.807) is 0 Å². The summed E-state index contributed by atoms with van der Waals surface area (Å²) in [6.45, 7) is 10.0. The second-order valence-corrected chi connectivity index (χ2v) is 8.92. The topological polar surface area (TPSA) is 40.1 Å². The quantitative estimate of drug-likeness (QED) is 0.351. The number of halogens is 2. The number of ether oxygens (including phenoxy) is 1. The van der Waals surface area contributed by atoms with Crippen LogP contribution >= 0.6 is 35.6 Å². The normalized spacial score (nSPS) is 26.1. The summed E-state index contributed by atoms with van der Waals surface area (Å²) < 4.78 is 5.70. The molecular weight excluding hydrogens is 499 g/mol. The predicted octanol–water partition coefficient (Wildman–Crippen LogP) is 4.17. The van der Waals surface area contributed by atoms with Crippen LogP contribution in [0.1, 0.15) is 44.2 Å². The summed E-state index contributed by atoms with van der Waals surface area (Å²) in [6.07, 6.45) is 4.94. The Balaban J connectivity index is 0.00000240. The average molecular weight is 533 g/mol. The molecule has 0 saturated carbocycles. The van der Waals surface area contributed by atoms with E-state index in [0.717, 1.165) is 63.5 Å².